The maximum absolute atomic E-state index is 12.1. The van der Waals surface area contributed by atoms with Crippen molar-refractivity contribution in [2.75, 3.05) is 32.8 Å². The van der Waals surface area contributed by atoms with Gasteiger partial charge in [-0.25, -0.2) is 0 Å². The van der Waals surface area contributed by atoms with Crippen molar-refractivity contribution in [1.82, 2.24) is 9.03 Å². The van der Waals surface area contributed by atoms with Crippen LogP contribution in [0.4, 0.5) is 0 Å². The Kier molecular flexibility index (Phi) is 4.37. The minimum Gasteiger partial charge on any atom is -0.380 e. The monoisotopic (exact) mass is 263 g/mol. The van der Waals surface area contributed by atoms with Crippen LogP contribution in [-0.2, 0) is 14.9 Å². The Morgan fingerprint density at radius 2 is 2.00 bits per heavy atom. The summed E-state index contributed by atoms with van der Waals surface area (Å²) in [6.45, 7) is 2.92. The van der Waals surface area contributed by atoms with Crippen molar-refractivity contribution in [1.29, 1.82) is 0 Å². The van der Waals surface area contributed by atoms with Crippen LogP contribution in [0.15, 0.2) is 0 Å². The van der Waals surface area contributed by atoms with E-state index in [1.54, 1.807) is 0 Å². The Morgan fingerprint density at radius 3 is 2.53 bits per heavy atom. The lowest BCUT2D eigenvalue weighted by atomic mass is 9.99. The zero-order chi connectivity index (χ0) is 12.3. The van der Waals surface area contributed by atoms with Crippen LogP contribution in [-0.4, -0.2) is 51.6 Å². The van der Waals surface area contributed by atoms with Crippen molar-refractivity contribution < 1.29 is 13.2 Å². The van der Waals surface area contributed by atoms with Gasteiger partial charge in [0, 0.05) is 25.7 Å². The summed E-state index contributed by atoms with van der Waals surface area (Å²) in [4.78, 5) is 0. The van der Waals surface area contributed by atoms with E-state index in [1.807, 2.05) is 0 Å². The summed E-state index contributed by atoms with van der Waals surface area (Å²) in [6, 6.07) is -0.0627. The van der Waals surface area contributed by atoms with Gasteiger partial charge in [-0.2, -0.15) is 17.4 Å². The summed E-state index contributed by atoms with van der Waals surface area (Å²) >= 11 is 0. The molecule has 17 heavy (non-hydrogen) atoms. The fraction of sp³-hybridized carbons (Fsp3) is 1.00. The second kappa shape index (κ2) is 5.62. The average molecular weight is 263 g/mol. The first kappa shape index (κ1) is 13.2. The van der Waals surface area contributed by atoms with E-state index in [0.29, 0.717) is 38.8 Å². The Hall–Kier alpha value is -0.210. The van der Waals surface area contributed by atoms with Crippen molar-refractivity contribution in [3.63, 3.8) is 0 Å². The van der Waals surface area contributed by atoms with Crippen LogP contribution < -0.4 is 10.5 Å². The zero-order valence-electron chi connectivity index (χ0n) is 9.97. The second-order valence-electron chi connectivity index (χ2n) is 4.76. The van der Waals surface area contributed by atoms with E-state index in [9.17, 15) is 8.42 Å². The number of hydrogen-bond acceptors (Lipinski definition) is 4. The molecular weight excluding hydrogens is 242 g/mol. The maximum atomic E-state index is 12.1. The van der Waals surface area contributed by atoms with Gasteiger partial charge < -0.3 is 10.5 Å². The minimum atomic E-state index is -3.34. The van der Waals surface area contributed by atoms with Crippen LogP contribution in [0, 0.1) is 5.92 Å². The highest BCUT2D eigenvalue weighted by molar-refractivity contribution is 7.87. The van der Waals surface area contributed by atoms with Crippen molar-refractivity contribution in [3.8, 4) is 0 Å². The Balaban J connectivity index is 1.87. The summed E-state index contributed by atoms with van der Waals surface area (Å²) in [5.41, 5.74) is 5.59. The van der Waals surface area contributed by atoms with Crippen LogP contribution >= 0.6 is 0 Å². The minimum absolute atomic E-state index is 0.0627. The number of nitrogens with two attached hydrogens (primary N) is 1. The third-order valence-corrected chi connectivity index (χ3v) is 5.17. The highest BCUT2D eigenvalue weighted by atomic mass is 32.2. The van der Waals surface area contributed by atoms with Gasteiger partial charge in [-0.05, 0) is 31.7 Å². The number of hydrogen-bond donors (Lipinski definition) is 2. The first-order valence-electron chi connectivity index (χ1n) is 6.17. The van der Waals surface area contributed by atoms with E-state index in [-0.39, 0.29) is 6.04 Å². The molecule has 100 valence electrons. The molecule has 2 aliphatic rings. The molecule has 0 saturated carbocycles. The SMILES string of the molecule is NCC1CCN(S(=O)(=O)NC2CCOC2)CC1. The summed E-state index contributed by atoms with van der Waals surface area (Å²) < 4.78 is 33.5. The van der Waals surface area contributed by atoms with Gasteiger partial charge in [0.2, 0.25) is 0 Å². The third-order valence-electron chi connectivity index (χ3n) is 3.49. The van der Waals surface area contributed by atoms with Gasteiger partial charge in [0.15, 0.2) is 0 Å². The highest BCUT2D eigenvalue weighted by Crippen LogP contribution is 2.18. The second-order valence-corrected chi connectivity index (χ2v) is 6.46. The maximum Gasteiger partial charge on any atom is 0.279 e. The number of nitrogens with one attached hydrogen (secondary N) is 1. The van der Waals surface area contributed by atoms with E-state index in [1.165, 1.54) is 4.31 Å². The lowest BCUT2D eigenvalue weighted by molar-refractivity contribution is 0.192. The molecule has 0 aromatic rings. The molecule has 0 amide bonds. The summed E-state index contributed by atoms with van der Waals surface area (Å²) in [7, 11) is -3.34. The summed E-state index contributed by atoms with van der Waals surface area (Å²) in [6.07, 6.45) is 2.48. The first-order chi connectivity index (χ1) is 8.12. The molecule has 1 unspecified atom stereocenters. The van der Waals surface area contributed by atoms with Gasteiger partial charge in [-0.3, -0.25) is 0 Å². The van der Waals surface area contributed by atoms with Crippen LogP contribution in [0.5, 0.6) is 0 Å². The first-order valence-corrected chi connectivity index (χ1v) is 7.61. The predicted octanol–water partition coefficient (Wildman–Crippen LogP) is -0.720. The van der Waals surface area contributed by atoms with Crippen LogP contribution in [0.2, 0.25) is 0 Å². The Bertz CT molecular complexity index is 333. The molecule has 0 radical (unpaired) electrons. The van der Waals surface area contributed by atoms with E-state index >= 15 is 0 Å². The lowest BCUT2D eigenvalue weighted by Crippen LogP contribution is -2.49. The molecule has 0 aromatic heterocycles. The molecule has 0 spiro atoms. The van der Waals surface area contributed by atoms with Gasteiger partial charge >= 0.3 is 0 Å². The molecule has 0 bridgehead atoms. The van der Waals surface area contributed by atoms with Crippen molar-refractivity contribution in [2.45, 2.75) is 25.3 Å². The van der Waals surface area contributed by atoms with Gasteiger partial charge in [0.05, 0.1) is 6.61 Å². The fourth-order valence-electron chi connectivity index (χ4n) is 2.30. The molecule has 1 atom stereocenters. The van der Waals surface area contributed by atoms with Gasteiger partial charge in [-0.15, -0.1) is 0 Å². The van der Waals surface area contributed by atoms with Crippen molar-refractivity contribution in [2.24, 2.45) is 11.7 Å². The molecule has 3 N–H and O–H groups in total. The van der Waals surface area contributed by atoms with E-state index in [2.05, 4.69) is 4.72 Å². The standard InChI is InChI=1S/C10H21N3O3S/c11-7-9-1-4-13(5-2-9)17(14,15)12-10-3-6-16-8-10/h9-10,12H,1-8,11H2. The molecule has 7 heteroatoms. The number of rotatable bonds is 4. The Morgan fingerprint density at radius 1 is 1.29 bits per heavy atom. The van der Waals surface area contributed by atoms with Crippen LogP contribution in [0.3, 0.4) is 0 Å². The third kappa shape index (κ3) is 3.38. The summed E-state index contributed by atoms with van der Waals surface area (Å²) in [5.74, 6) is 0.469. The van der Waals surface area contributed by atoms with Gasteiger partial charge in [-0.1, -0.05) is 0 Å². The number of ether oxygens (including phenoxy) is 1. The van der Waals surface area contributed by atoms with Crippen LogP contribution in [0.25, 0.3) is 0 Å². The van der Waals surface area contributed by atoms with E-state index in [4.69, 9.17) is 10.5 Å². The molecule has 6 nitrogen and oxygen atoms in total. The molecule has 0 aliphatic carbocycles. The van der Waals surface area contributed by atoms with Gasteiger partial charge in [0.1, 0.15) is 0 Å². The van der Waals surface area contributed by atoms with E-state index in [0.717, 1.165) is 19.3 Å². The topological polar surface area (TPSA) is 84.7 Å². The summed E-state index contributed by atoms with van der Waals surface area (Å²) in [5, 5.41) is 0. The predicted molar refractivity (Wildman–Crippen MR) is 64.6 cm³/mol. The molecule has 2 fully saturated rings. The average Bonchev–Trinajstić information content (AvgIpc) is 2.81. The fourth-order valence-corrected chi connectivity index (χ4v) is 3.75. The zero-order valence-corrected chi connectivity index (χ0v) is 10.8. The quantitative estimate of drug-likeness (QED) is 0.701. The normalized spacial score (nSPS) is 28.6. The Labute approximate surface area is 103 Å². The van der Waals surface area contributed by atoms with Crippen molar-refractivity contribution in [3.05, 3.63) is 0 Å². The van der Waals surface area contributed by atoms with E-state index < -0.39 is 10.2 Å². The number of nitrogens with zero attached hydrogens (tertiary/aromatic N) is 1. The number of piperidine rings is 1. The molecule has 0 aromatic carbocycles. The van der Waals surface area contributed by atoms with Gasteiger partial charge in [0.25, 0.3) is 10.2 Å². The molecule has 2 heterocycles. The largest absolute Gasteiger partial charge is 0.380 e. The molecule has 2 rings (SSSR count). The highest BCUT2D eigenvalue weighted by Gasteiger charge is 2.30. The smallest absolute Gasteiger partial charge is 0.279 e. The molecule has 2 aliphatic heterocycles. The molecular formula is C10H21N3O3S. The van der Waals surface area contributed by atoms with Crippen LogP contribution in [0.1, 0.15) is 19.3 Å². The van der Waals surface area contributed by atoms with Crippen molar-refractivity contribution >= 4 is 10.2 Å². The molecule has 2 saturated heterocycles. The lowest BCUT2D eigenvalue weighted by Gasteiger charge is -2.31.